The van der Waals surface area contributed by atoms with Crippen LogP contribution in [-0.4, -0.2) is 20.7 Å². The van der Waals surface area contributed by atoms with Crippen LogP contribution in [0.4, 0.5) is 0 Å². The van der Waals surface area contributed by atoms with Gasteiger partial charge in [0.1, 0.15) is 6.29 Å². The summed E-state index contributed by atoms with van der Waals surface area (Å²) in [6, 6.07) is 6.51. The van der Waals surface area contributed by atoms with E-state index >= 15 is 0 Å². The van der Waals surface area contributed by atoms with Crippen molar-refractivity contribution in [2.24, 2.45) is 5.92 Å². The Morgan fingerprint density at radius 3 is 2.58 bits per heavy atom. The molecule has 1 aromatic carbocycles. The molecule has 0 saturated carbocycles. The lowest BCUT2D eigenvalue weighted by Gasteiger charge is -2.13. The molecule has 0 spiro atoms. The lowest BCUT2D eigenvalue weighted by atomic mass is 10.1. The van der Waals surface area contributed by atoms with Crippen LogP contribution in [0.25, 0.3) is 0 Å². The number of carbonyl (C=O) groups is 1. The van der Waals surface area contributed by atoms with Gasteiger partial charge in [-0.2, -0.15) is 0 Å². The number of aldehydes is 1. The maximum Gasteiger partial charge on any atom is 0.241 e. The van der Waals surface area contributed by atoms with Crippen LogP contribution in [0.1, 0.15) is 18.4 Å². The first kappa shape index (κ1) is 14.0. The Bertz CT molecular complexity index is 575. The van der Waals surface area contributed by atoms with Gasteiger partial charge in [0.15, 0.2) is 0 Å². The predicted octanol–water partition coefficient (Wildman–Crippen LogP) is 1.81. The first-order valence-corrected chi connectivity index (χ1v) is 7.70. The molecule has 19 heavy (non-hydrogen) atoms. The van der Waals surface area contributed by atoms with Crippen LogP contribution in [-0.2, 0) is 14.8 Å². The number of nitrogens with one attached hydrogen (secondary N) is 1. The third-order valence-corrected chi connectivity index (χ3v) is 4.71. The molecule has 0 bridgehead atoms. The lowest BCUT2D eigenvalue weighted by molar-refractivity contribution is -0.108. The zero-order valence-corrected chi connectivity index (χ0v) is 11.6. The molecule has 4 nitrogen and oxygen atoms in total. The van der Waals surface area contributed by atoms with Crippen molar-refractivity contribution < 1.29 is 13.2 Å². The maximum atomic E-state index is 12.1. The minimum absolute atomic E-state index is 0.142. The smallest absolute Gasteiger partial charge is 0.241 e. The van der Waals surface area contributed by atoms with E-state index < -0.39 is 10.0 Å². The third-order valence-electron chi connectivity index (χ3n) is 3.21. The number of rotatable bonds is 5. The summed E-state index contributed by atoms with van der Waals surface area (Å²) in [5.74, 6) is 0.142. The molecular weight excluding hydrogens is 262 g/mol. The Balaban J connectivity index is 2.05. The van der Waals surface area contributed by atoms with Gasteiger partial charge in [0.05, 0.1) is 4.90 Å². The average Bonchev–Trinajstić information content (AvgIpc) is 2.77. The van der Waals surface area contributed by atoms with Crippen LogP contribution in [0.5, 0.6) is 0 Å². The fourth-order valence-electron chi connectivity index (χ4n) is 2.15. The van der Waals surface area contributed by atoms with Gasteiger partial charge in [-0.25, -0.2) is 13.1 Å². The summed E-state index contributed by atoms with van der Waals surface area (Å²) in [6.07, 6.45) is 5.67. The number of sulfonamides is 1. The minimum Gasteiger partial charge on any atom is -0.303 e. The molecular formula is C14H17NO3S. The zero-order chi connectivity index (χ0) is 13.9. The second-order valence-corrected chi connectivity index (χ2v) is 6.54. The SMILES string of the molecule is Cc1ccc(S(=O)(=O)N[C@@H]2C=C[C@H](CC=O)C2)cc1. The first-order chi connectivity index (χ1) is 9.01. The van der Waals surface area contributed by atoms with Crippen LogP contribution < -0.4 is 4.72 Å². The van der Waals surface area contributed by atoms with Crippen molar-refractivity contribution in [2.75, 3.05) is 0 Å². The highest BCUT2D eigenvalue weighted by atomic mass is 32.2. The van der Waals surface area contributed by atoms with Gasteiger partial charge >= 0.3 is 0 Å². The highest BCUT2D eigenvalue weighted by Crippen LogP contribution is 2.22. The number of aryl methyl sites for hydroxylation is 1. The summed E-state index contributed by atoms with van der Waals surface area (Å²) in [6.45, 7) is 1.91. The molecule has 0 radical (unpaired) electrons. The molecule has 2 rings (SSSR count). The molecule has 0 unspecified atom stereocenters. The van der Waals surface area contributed by atoms with E-state index in [1.165, 1.54) is 0 Å². The van der Waals surface area contributed by atoms with Crippen LogP contribution in [0.3, 0.4) is 0 Å². The summed E-state index contributed by atoms with van der Waals surface area (Å²) >= 11 is 0. The minimum atomic E-state index is -3.49. The number of benzene rings is 1. The highest BCUT2D eigenvalue weighted by Gasteiger charge is 2.24. The van der Waals surface area contributed by atoms with Gasteiger partial charge in [-0.1, -0.05) is 29.8 Å². The highest BCUT2D eigenvalue weighted by molar-refractivity contribution is 7.89. The normalized spacial score (nSPS) is 22.6. The lowest BCUT2D eigenvalue weighted by Crippen LogP contribution is -2.32. The van der Waals surface area contributed by atoms with E-state index in [0.29, 0.717) is 12.8 Å². The quantitative estimate of drug-likeness (QED) is 0.660. The molecule has 5 heteroatoms. The molecule has 2 atom stereocenters. The van der Waals surface area contributed by atoms with Gasteiger partial charge in [0.2, 0.25) is 10.0 Å². The van der Waals surface area contributed by atoms with Gasteiger partial charge in [-0.15, -0.1) is 0 Å². The third kappa shape index (κ3) is 3.52. The van der Waals surface area contributed by atoms with Gasteiger partial charge in [-0.05, 0) is 31.4 Å². The molecule has 0 fully saturated rings. The Kier molecular flexibility index (Phi) is 4.17. The summed E-state index contributed by atoms with van der Waals surface area (Å²) in [7, 11) is -3.49. The second-order valence-electron chi connectivity index (χ2n) is 4.82. The summed E-state index contributed by atoms with van der Waals surface area (Å²) in [5, 5.41) is 0. The van der Waals surface area contributed by atoms with Crippen LogP contribution >= 0.6 is 0 Å². The maximum absolute atomic E-state index is 12.1. The van der Waals surface area contributed by atoms with Crippen molar-refractivity contribution in [3.63, 3.8) is 0 Å². The zero-order valence-electron chi connectivity index (χ0n) is 10.7. The molecule has 0 aromatic heterocycles. The topological polar surface area (TPSA) is 63.2 Å². The molecule has 0 heterocycles. The molecule has 0 aliphatic heterocycles. The summed E-state index contributed by atoms with van der Waals surface area (Å²) < 4.78 is 26.9. The Morgan fingerprint density at radius 2 is 1.95 bits per heavy atom. The van der Waals surface area contributed by atoms with Gasteiger partial charge < -0.3 is 4.79 Å². The number of allylic oxidation sites excluding steroid dienone is 1. The Hall–Kier alpha value is -1.46. The van der Waals surface area contributed by atoms with E-state index in [2.05, 4.69) is 4.72 Å². The summed E-state index contributed by atoms with van der Waals surface area (Å²) in [5.41, 5.74) is 1.02. The van der Waals surface area contributed by atoms with E-state index in [4.69, 9.17) is 0 Å². The van der Waals surface area contributed by atoms with E-state index in [0.717, 1.165) is 11.8 Å². The fourth-order valence-corrected chi connectivity index (χ4v) is 3.35. The van der Waals surface area contributed by atoms with E-state index in [-0.39, 0.29) is 16.9 Å². The predicted molar refractivity (Wildman–Crippen MR) is 73.2 cm³/mol. The molecule has 1 N–H and O–H groups in total. The largest absolute Gasteiger partial charge is 0.303 e. The van der Waals surface area contributed by atoms with Gasteiger partial charge in [-0.3, -0.25) is 0 Å². The number of hydrogen-bond donors (Lipinski definition) is 1. The Morgan fingerprint density at radius 1 is 1.26 bits per heavy atom. The van der Waals surface area contributed by atoms with E-state index in [9.17, 15) is 13.2 Å². The average molecular weight is 279 g/mol. The standard InChI is InChI=1S/C14H17NO3S/c1-11-2-6-14(7-3-11)19(17,18)15-13-5-4-12(10-13)8-9-16/h2-7,9,12-13,15H,8,10H2,1H3/t12-,13-/m1/s1. The van der Waals surface area contributed by atoms with Crippen LogP contribution in [0.15, 0.2) is 41.3 Å². The number of hydrogen-bond acceptors (Lipinski definition) is 3. The van der Waals surface area contributed by atoms with Crippen molar-refractivity contribution in [2.45, 2.75) is 30.7 Å². The van der Waals surface area contributed by atoms with Gasteiger partial charge in [0, 0.05) is 12.5 Å². The Labute approximate surface area is 113 Å². The van der Waals surface area contributed by atoms with E-state index in [1.54, 1.807) is 24.3 Å². The molecule has 102 valence electrons. The molecule has 1 aliphatic carbocycles. The van der Waals surface area contributed by atoms with Crippen molar-refractivity contribution in [3.05, 3.63) is 42.0 Å². The van der Waals surface area contributed by atoms with Crippen molar-refractivity contribution in [3.8, 4) is 0 Å². The molecule has 1 aliphatic rings. The van der Waals surface area contributed by atoms with Crippen molar-refractivity contribution >= 4 is 16.3 Å². The molecule has 0 amide bonds. The van der Waals surface area contributed by atoms with Gasteiger partial charge in [0.25, 0.3) is 0 Å². The monoisotopic (exact) mass is 279 g/mol. The summed E-state index contributed by atoms with van der Waals surface area (Å²) in [4.78, 5) is 10.7. The van der Waals surface area contributed by atoms with E-state index in [1.807, 2.05) is 19.1 Å². The fraction of sp³-hybridized carbons (Fsp3) is 0.357. The second kappa shape index (κ2) is 5.67. The van der Waals surface area contributed by atoms with Crippen molar-refractivity contribution in [1.82, 2.24) is 4.72 Å². The number of carbonyl (C=O) groups excluding carboxylic acids is 1. The van der Waals surface area contributed by atoms with Crippen LogP contribution in [0, 0.1) is 12.8 Å². The van der Waals surface area contributed by atoms with Crippen LogP contribution in [0.2, 0.25) is 0 Å². The first-order valence-electron chi connectivity index (χ1n) is 6.22. The molecule has 1 aromatic rings. The molecule has 0 saturated heterocycles. The van der Waals surface area contributed by atoms with Crippen molar-refractivity contribution in [1.29, 1.82) is 0 Å².